The van der Waals surface area contributed by atoms with Crippen LogP contribution in [0.2, 0.25) is 0 Å². The molecule has 0 nitrogen and oxygen atoms in total. The van der Waals surface area contributed by atoms with Crippen molar-refractivity contribution in [2.45, 2.75) is 79.1 Å². The maximum absolute atomic E-state index is 2.64. The van der Waals surface area contributed by atoms with Crippen LogP contribution in [0.3, 0.4) is 0 Å². The Morgan fingerprint density at radius 2 is 0.846 bits per heavy atom. The van der Waals surface area contributed by atoms with E-state index in [1.807, 2.05) is 0 Å². The number of rotatable bonds is 4. The molecular weight excluding hydrogens is 625 g/mol. The van der Waals surface area contributed by atoms with Gasteiger partial charge in [-0.3, -0.25) is 0 Å². The van der Waals surface area contributed by atoms with Crippen LogP contribution < -0.4 is 0 Å². The molecule has 0 bridgehead atoms. The van der Waals surface area contributed by atoms with Crippen LogP contribution in [-0.2, 0) is 0 Å². The molecule has 0 unspecified atom stereocenters. The van der Waals surface area contributed by atoms with Crippen LogP contribution in [0.5, 0.6) is 0 Å². The summed E-state index contributed by atoms with van der Waals surface area (Å²) in [5, 5.41) is 22.8. The second-order valence-corrected chi connectivity index (χ2v) is 17.1. The van der Waals surface area contributed by atoms with Crippen LogP contribution in [-0.4, -0.2) is 0 Å². The SMILES string of the molecule is CC(C)c1cc2c3cc4c(C(C)C)c5c6cccc7cccc(c5c(C(C)C)c4cc3c3c(C(C)C)cc4c(c1-c1cc5ccccc5cc1-4)c23)c76. The number of hydrogen-bond donors (Lipinski definition) is 0. The van der Waals surface area contributed by atoms with Gasteiger partial charge in [-0.15, -0.1) is 0 Å². The van der Waals surface area contributed by atoms with Crippen LogP contribution in [0.1, 0.15) is 101 Å². The largest absolute Gasteiger partial charge is 0.0616 e. The fraction of sp³-hybridized carbons (Fsp3) is 0.231. The smallest absolute Gasteiger partial charge is 0.00108 e. The fourth-order valence-corrected chi connectivity index (χ4v) is 10.8. The Labute approximate surface area is 305 Å². The zero-order valence-electron chi connectivity index (χ0n) is 31.5. The summed E-state index contributed by atoms with van der Waals surface area (Å²) in [6.45, 7) is 19.2. The van der Waals surface area contributed by atoms with Gasteiger partial charge in [-0.05, 0) is 191 Å². The zero-order chi connectivity index (χ0) is 35.5. The van der Waals surface area contributed by atoms with Crippen molar-refractivity contribution in [1.29, 1.82) is 0 Å². The van der Waals surface area contributed by atoms with Crippen molar-refractivity contribution in [3.8, 4) is 22.3 Å². The van der Waals surface area contributed by atoms with Gasteiger partial charge in [0.25, 0.3) is 0 Å². The van der Waals surface area contributed by atoms with Crippen LogP contribution in [0.15, 0.2) is 97.1 Å². The minimum atomic E-state index is 0.376. The van der Waals surface area contributed by atoms with Crippen molar-refractivity contribution >= 4 is 86.2 Å². The molecule has 1 aliphatic carbocycles. The highest BCUT2D eigenvalue weighted by Gasteiger charge is 2.32. The van der Waals surface area contributed by atoms with E-state index >= 15 is 0 Å². The number of fused-ring (bicyclic) bond motifs is 11. The van der Waals surface area contributed by atoms with Gasteiger partial charge in [0.15, 0.2) is 0 Å². The lowest BCUT2D eigenvalue weighted by Gasteiger charge is -2.20. The summed E-state index contributed by atoms with van der Waals surface area (Å²) in [5.41, 5.74) is 11.6. The Morgan fingerprint density at radius 3 is 1.42 bits per heavy atom. The predicted molar refractivity (Wildman–Crippen MR) is 230 cm³/mol. The Kier molecular flexibility index (Phi) is 5.99. The first kappa shape index (κ1) is 30.4. The van der Waals surface area contributed by atoms with E-state index < -0.39 is 0 Å². The Bertz CT molecular complexity index is 3160. The van der Waals surface area contributed by atoms with Gasteiger partial charge in [-0.1, -0.05) is 116 Å². The van der Waals surface area contributed by atoms with E-state index in [0.717, 1.165) is 0 Å². The first-order valence-corrected chi connectivity index (χ1v) is 19.6. The molecule has 52 heavy (non-hydrogen) atoms. The highest BCUT2D eigenvalue weighted by atomic mass is 14.3. The third kappa shape index (κ3) is 3.63. The van der Waals surface area contributed by atoms with Crippen LogP contribution in [0, 0.1) is 0 Å². The van der Waals surface area contributed by atoms with Crippen LogP contribution >= 0.6 is 0 Å². The second kappa shape index (κ2) is 10.2. The number of hydrogen-bond acceptors (Lipinski definition) is 0. The first-order valence-electron chi connectivity index (χ1n) is 19.6. The summed E-state index contributed by atoms with van der Waals surface area (Å²) < 4.78 is 0. The molecule has 1 aliphatic rings. The topological polar surface area (TPSA) is 0 Å². The van der Waals surface area contributed by atoms with Crippen molar-refractivity contribution in [3.63, 3.8) is 0 Å². The van der Waals surface area contributed by atoms with E-state index in [1.54, 1.807) is 0 Å². The maximum atomic E-state index is 2.64. The predicted octanol–water partition coefficient (Wildman–Crippen LogP) is 15.9. The molecule has 11 rings (SSSR count). The molecule has 0 amide bonds. The van der Waals surface area contributed by atoms with Gasteiger partial charge < -0.3 is 0 Å². The standard InChI is InChI=1S/C52H44/c1-25(2)34-22-41-37-23-42-43(45(28(7)8)50-33-18-12-16-29-15-11-17-32(46(29)33)49(50)44(42)27(5)6)24-39(37)48-35(26(3)4)21-40-36-19-30-13-9-10-14-31(30)20-38(36)47(34)51(40)52(41)48/h9-28H,1-8H3. The van der Waals surface area contributed by atoms with Crippen LogP contribution in [0.4, 0.5) is 0 Å². The van der Waals surface area contributed by atoms with Crippen molar-refractivity contribution in [3.05, 3.63) is 119 Å². The highest BCUT2D eigenvalue weighted by Crippen LogP contribution is 2.58. The summed E-state index contributed by atoms with van der Waals surface area (Å²) in [4.78, 5) is 0. The maximum Gasteiger partial charge on any atom is -0.00108 e. The monoisotopic (exact) mass is 668 g/mol. The van der Waals surface area contributed by atoms with Gasteiger partial charge in [-0.25, -0.2) is 0 Å². The van der Waals surface area contributed by atoms with E-state index in [-0.39, 0.29) is 0 Å². The molecule has 0 spiro atoms. The van der Waals surface area contributed by atoms with E-state index in [1.165, 1.54) is 131 Å². The summed E-state index contributed by atoms with van der Waals surface area (Å²) >= 11 is 0. The lowest BCUT2D eigenvalue weighted by atomic mass is 9.83. The molecule has 10 aromatic carbocycles. The molecule has 0 heteroatoms. The lowest BCUT2D eigenvalue weighted by Crippen LogP contribution is -1.98. The van der Waals surface area contributed by atoms with Gasteiger partial charge in [0.2, 0.25) is 0 Å². The third-order valence-corrected chi connectivity index (χ3v) is 12.8. The Balaban J connectivity index is 1.40. The minimum Gasteiger partial charge on any atom is -0.0616 e. The van der Waals surface area contributed by atoms with E-state index in [9.17, 15) is 0 Å². The summed E-state index contributed by atoms with van der Waals surface area (Å²) in [7, 11) is 0. The molecule has 10 aromatic rings. The van der Waals surface area contributed by atoms with Crippen LogP contribution in [0.25, 0.3) is 108 Å². The Morgan fingerprint density at radius 1 is 0.308 bits per heavy atom. The number of benzene rings is 8. The van der Waals surface area contributed by atoms with E-state index in [2.05, 4.69) is 152 Å². The molecular formula is C52H44. The summed E-state index contributed by atoms with van der Waals surface area (Å²) in [6.07, 6.45) is 0. The van der Waals surface area contributed by atoms with Gasteiger partial charge in [-0.2, -0.15) is 0 Å². The summed E-state index contributed by atoms with van der Waals surface area (Å²) in [6, 6.07) is 38.2. The molecule has 0 N–H and O–H groups in total. The Hall–Kier alpha value is -5.20. The normalized spacial score (nSPS) is 13.3. The molecule has 0 atom stereocenters. The van der Waals surface area contributed by atoms with Gasteiger partial charge in [0.05, 0.1) is 0 Å². The molecule has 0 fully saturated rings. The van der Waals surface area contributed by atoms with Gasteiger partial charge in [0, 0.05) is 0 Å². The minimum absolute atomic E-state index is 0.376. The average molecular weight is 669 g/mol. The molecule has 0 aromatic heterocycles. The van der Waals surface area contributed by atoms with E-state index in [0.29, 0.717) is 23.7 Å². The van der Waals surface area contributed by atoms with Crippen molar-refractivity contribution in [2.75, 3.05) is 0 Å². The molecule has 0 saturated heterocycles. The lowest BCUT2D eigenvalue weighted by molar-refractivity contribution is 0.872. The average Bonchev–Trinajstić information content (AvgIpc) is 3.74. The van der Waals surface area contributed by atoms with Crippen molar-refractivity contribution in [2.24, 2.45) is 0 Å². The quantitative estimate of drug-likeness (QED) is 0.175. The molecule has 0 aliphatic heterocycles. The molecule has 252 valence electrons. The van der Waals surface area contributed by atoms with Crippen molar-refractivity contribution in [1.82, 2.24) is 0 Å². The molecule has 0 radical (unpaired) electrons. The zero-order valence-corrected chi connectivity index (χ0v) is 31.5. The highest BCUT2D eigenvalue weighted by molar-refractivity contribution is 6.40. The molecule has 0 saturated carbocycles. The summed E-state index contributed by atoms with van der Waals surface area (Å²) in [5.74, 6) is 1.55. The third-order valence-electron chi connectivity index (χ3n) is 12.8. The van der Waals surface area contributed by atoms with Crippen molar-refractivity contribution < 1.29 is 0 Å². The fourth-order valence-electron chi connectivity index (χ4n) is 10.8. The molecule has 0 heterocycles. The van der Waals surface area contributed by atoms with Gasteiger partial charge >= 0.3 is 0 Å². The van der Waals surface area contributed by atoms with Gasteiger partial charge in [0.1, 0.15) is 0 Å². The van der Waals surface area contributed by atoms with E-state index in [4.69, 9.17) is 0 Å². The first-order chi connectivity index (χ1) is 25.1. The second-order valence-electron chi connectivity index (χ2n) is 17.1.